The van der Waals surface area contributed by atoms with Gasteiger partial charge in [0, 0.05) is 25.5 Å². The summed E-state index contributed by atoms with van der Waals surface area (Å²) in [4.78, 5) is 4.23. The number of rotatable bonds is 6. The SMILES string of the molecule is CNC(CCC(C)OC)c1cncc(C)c1. The van der Waals surface area contributed by atoms with Crippen molar-refractivity contribution in [2.75, 3.05) is 14.2 Å². The van der Waals surface area contributed by atoms with Crippen LogP contribution < -0.4 is 5.32 Å². The molecule has 0 aliphatic carbocycles. The van der Waals surface area contributed by atoms with E-state index in [-0.39, 0.29) is 0 Å². The molecule has 0 aliphatic heterocycles. The Bertz CT molecular complexity index is 315. The Morgan fingerprint density at radius 2 is 2.12 bits per heavy atom. The molecule has 1 rings (SSSR count). The van der Waals surface area contributed by atoms with Crippen LogP contribution in [0.2, 0.25) is 0 Å². The van der Waals surface area contributed by atoms with Crippen LogP contribution in [0.5, 0.6) is 0 Å². The number of hydrogen-bond donors (Lipinski definition) is 1. The van der Waals surface area contributed by atoms with Crippen molar-refractivity contribution >= 4 is 0 Å². The predicted octanol–water partition coefficient (Wildman–Crippen LogP) is 2.47. The van der Waals surface area contributed by atoms with E-state index in [9.17, 15) is 0 Å². The van der Waals surface area contributed by atoms with Crippen LogP contribution >= 0.6 is 0 Å². The highest BCUT2D eigenvalue weighted by atomic mass is 16.5. The van der Waals surface area contributed by atoms with Gasteiger partial charge < -0.3 is 10.1 Å². The van der Waals surface area contributed by atoms with Gasteiger partial charge in [-0.25, -0.2) is 0 Å². The highest BCUT2D eigenvalue weighted by Crippen LogP contribution is 2.19. The summed E-state index contributed by atoms with van der Waals surface area (Å²) in [7, 11) is 3.75. The summed E-state index contributed by atoms with van der Waals surface area (Å²) >= 11 is 0. The summed E-state index contributed by atoms with van der Waals surface area (Å²) in [6.45, 7) is 4.17. The zero-order chi connectivity index (χ0) is 12.0. The zero-order valence-corrected chi connectivity index (χ0v) is 10.7. The number of nitrogens with zero attached hydrogens (tertiary/aromatic N) is 1. The van der Waals surface area contributed by atoms with Crippen molar-refractivity contribution in [3.05, 3.63) is 29.6 Å². The topological polar surface area (TPSA) is 34.1 Å². The first-order chi connectivity index (χ1) is 7.67. The highest BCUT2D eigenvalue weighted by molar-refractivity contribution is 5.20. The first-order valence-electron chi connectivity index (χ1n) is 5.79. The molecule has 16 heavy (non-hydrogen) atoms. The number of pyridine rings is 1. The molecule has 2 atom stereocenters. The van der Waals surface area contributed by atoms with E-state index in [1.807, 2.05) is 19.4 Å². The second-order valence-corrected chi connectivity index (χ2v) is 4.26. The Kier molecular flexibility index (Phi) is 5.43. The monoisotopic (exact) mass is 222 g/mol. The fourth-order valence-electron chi connectivity index (χ4n) is 1.77. The van der Waals surface area contributed by atoms with Crippen molar-refractivity contribution in [2.45, 2.75) is 38.8 Å². The molecule has 0 amide bonds. The molecule has 0 radical (unpaired) electrons. The largest absolute Gasteiger partial charge is 0.382 e. The minimum absolute atomic E-state index is 0.314. The molecule has 90 valence electrons. The lowest BCUT2D eigenvalue weighted by atomic mass is 10.0. The Morgan fingerprint density at radius 1 is 1.38 bits per heavy atom. The minimum Gasteiger partial charge on any atom is -0.382 e. The van der Waals surface area contributed by atoms with Gasteiger partial charge in [0.15, 0.2) is 0 Å². The van der Waals surface area contributed by atoms with Gasteiger partial charge in [0.25, 0.3) is 0 Å². The van der Waals surface area contributed by atoms with Crippen LogP contribution in [-0.2, 0) is 4.74 Å². The molecule has 3 nitrogen and oxygen atoms in total. The van der Waals surface area contributed by atoms with Gasteiger partial charge in [0.2, 0.25) is 0 Å². The number of aromatic nitrogens is 1. The molecule has 2 unspecified atom stereocenters. The van der Waals surface area contributed by atoms with Crippen LogP contribution in [0.4, 0.5) is 0 Å². The second-order valence-electron chi connectivity index (χ2n) is 4.26. The van der Waals surface area contributed by atoms with E-state index in [1.54, 1.807) is 7.11 Å². The Labute approximate surface area is 98.2 Å². The number of ether oxygens (including phenoxy) is 1. The van der Waals surface area contributed by atoms with Gasteiger partial charge in [0.05, 0.1) is 6.10 Å². The summed E-state index contributed by atoms with van der Waals surface area (Å²) in [6.07, 6.45) is 6.25. The molecule has 1 N–H and O–H groups in total. The maximum Gasteiger partial charge on any atom is 0.0543 e. The molecule has 0 aliphatic rings. The van der Waals surface area contributed by atoms with Crippen molar-refractivity contribution in [3.8, 4) is 0 Å². The third-order valence-electron chi connectivity index (χ3n) is 2.91. The highest BCUT2D eigenvalue weighted by Gasteiger charge is 2.11. The molecule has 0 saturated carbocycles. The third-order valence-corrected chi connectivity index (χ3v) is 2.91. The summed E-state index contributed by atoms with van der Waals surface area (Å²) in [6, 6.07) is 2.55. The van der Waals surface area contributed by atoms with E-state index in [4.69, 9.17) is 4.74 Å². The Hall–Kier alpha value is -0.930. The molecule has 0 spiro atoms. The van der Waals surface area contributed by atoms with Crippen LogP contribution in [0.3, 0.4) is 0 Å². The lowest BCUT2D eigenvalue weighted by molar-refractivity contribution is 0.106. The van der Waals surface area contributed by atoms with E-state index < -0.39 is 0 Å². The molecule has 1 aromatic heterocycles. The number of hydrogen-bond acceptors (Lipinski definition) is 3. The van der Waals surface area contributed by atoms with Gasteiger partial charge in [0.1, 0.15) is 0 Å². The average Bonchev–Trinajstić information content (AvgIpc) is 2.29. The Morgan fingerprint density at radius 3 is 2.69 bits per heavy atom. The number of aryl methyl sites for hydroxylation is 1. The number of methoxy groups -OCH3 is 1. The van der Waals surface area contributed by atoms with Gasteiger partial charge in [-0.2, -0.15) is 0 Å². The van der Waals surface area contributed by atoms with Gasteiger partial charge in [-0.15, -0.1) is 0 Å². The molecular weight excluding hydrogens is 200 g/mol. The van der Waals surface area contributed by atoms with Crippen molar-refractivity contribution in [1.82, 2.24) is 10.3 Å². The first-order valence-corrected chi connectivity index (χ1v) is 5.79. The molecule has 0 aromatic carbocycles. The van der Waals surface area contributed by atoms with Crippen molar-refractivity contribution in [1.29, 1.82) is 0 Å². The van der Waals surface area contributed by atoms with Crippen molar-refractivity contribution < 1.29 is 4.74 Å². The normalized spacial score (nSPS) is 14.8. The maximum absolute atomic E-state index is 5.26. The first kappa shape index (κ1) is 13.1. The summed E-state index contributed by atoms with van der Waals surface area (Å²) < 4.78 is 5.26. The summed E-state index contributed by atoms with van der Waals surface area (Å²) in [5.41, 5.74) is 2.46. The second kappa shape index (κ2) is 6.61. The molecule has 1 heterocycles. The lowest BCUT2D eigenvalue weighted by Gasteiger charge is -2.18. The van der Waals surface area contributed by atoms with Gasteiger partial charge in [-0.05, 0) is 44.9 Å². The van der Waals surface area contributed by atoms with Crippen LogP contribution in [0.15, 0.2) is 18.5 Å². The fourth-order valence-corrected chi connectivity index (χ4v) is 1.77. The van der Waals surface area contributed by atoms with Crippen LogP contribution in [0.1, 0.15) is 36.9 Å². The standard InChI is InChI=1S/C13H22N2O/c1-10-7-12(9-15-8-10)13(14-3)6-5-11(2)16-4/h7-9,11,13-14H,5-6H2,1-4H3. The lowest BCUT2D eigenvalue weighted by Crippen LogP contribution is -2.19. The van der Waals surface area contributed by atoms with Crippen LogP contribution in [-0.4, -0.2) is 25.2 Å². The zero-order valence-electron chi connectivity index (χ0n) is 10.7. The van der Waals surface area contributed by atoms with E-state index in [2.05, 4.69) is 30.2 Å². The van der Waals surface area contributed by atoms with Gasteiger partial charge in [-0.1, -0.05) is 6.07 Å². The molecule has 3 heteroatoms. The molecule has 0 saturated heterocycles. The molecule has 0 bridgehead atoms. The van der Waals surface area contributed by atoms with Crippen molar-refractivity contribution in [3.63, 3.8) is 0 Å². The predicted molar refractivity (Wildman–Crippen MR) is 66.5 cm³/mol. The molecular formula is C13H22N2O. The summed E-state index contributed by atoms with van der Waals surface area (Å²) in [5, 5.41) is 3.33. The molecule has 1 aromatic rings. The third kappa shape index (κ3) is 3.91. The summed E-state index contributed by atoms with van der Waals surface area (Å²) in [5.74, 6) is 0. The Balaban J connectivity index is 2.60. The number of nitrogens with one attached hydrogen (secondary N) is 1. The van der Waals surface area contributed by atoms with Gasteiger partial charge >= 0.3 is 0 Å². The minimum atomic E-state index is 0.314. The van der Waals surface area contributed by atoms with E-state index in [0.717, 1.165) is 12.8 Å². The fraction of sp³-hybridized carbons (Fsp3) is 0.615. The quantitative estimate of drug-likeness (QED) is 0.803. The smallest absolute Gasteiger partial charge is 0.0543 e. The van der Waals surface area contributed by atoms with E-state index >= 15 is 0 Å². The average molecular weight is 222 g/mol. The molecule has 0 fully saturated rings. The van der Waals surface area contributed by atoms with E-state index in [0.29, 0.717) is 12.1 Å². The van der Waals surface area contributed by atoms with Crippen LogP contribution in [0.25, 0.3) is 0 Å². The van der Waals surface area contributed by atoms with Crippen LogP contribution in [0, 0.1) is 6.92 Å². The van der Waals surface area contributed by atoms with Gasteiger partial charge in [-0.3, -0.25) is 4.98 Å². The maximum atomic E-state index is 5.26. The van der Waals surface area contributed by atoms with Crippen molar-refractivity contribution in [2.24, 2.45) is 0 Å². The van der Waals surface area contributed by atoms with E-state index in [1.165, 1.54) is 11.1 Å².